The fourth-order valence-corrected chi connectivity index (χ4v) is 2.09. The first-order chi connectivity index (χ1) is 9.04. The third-order valence-corrected chi connectivity index (χ3v) is 3.50. The van der Waals surface area contributed by atoms with Crippen molar-refractivity contribution in [3.8, 4) is 0 Å². The van der Waals surface area contributed by atoms with Crippen molar-refractivity contribution in [3.05, 3.63) is 29.3 Å². The molecule has 0 aliphatic heterocycles. The molecule has 19 heavy (non-hydrogen) atoms. The average molecular weight is 282 g/mol. The van der Waals surface area contributed by atoms with Crippen LogP contribution in [0.5, 0.6) is 0 Å². The van der Waals surface area contributed by atoms with Gasteiger partial charge in [0, 0.05) is 47.1 Å². The van der Waals surface area contributed by atoms with E-state index in [0.29, 0.717) is 17.9 Å². The highest BCUT2D eigenvalue weighted by Gasteiger charge is 2.08. The van der Waals surface area contributed by atoms with Crippen LogP contribution in [0.15, 0.2) is 18.2 Å². The Morgan fingerprint density at radius 2 is 2.05 bits per heavy atom. The number of nitrogens with one attached hydrogen (secondary N) is 2. The number of amides is 1. The van der Waals surface area contributed by atoms with Crippen molar-refractivity contribution in [3.63, 3.8) is 0 Å². The molecule has 1 rings (SSSR count). The maximum atomic E-state index is 11.9. The van der Waals surface area contributed by atoms with Crippen molar-refractivity contribution >= 4 is 22.4 Å². The lowest BCUT2D eigenvalue weighted by molar-refractivity contribution is 0.0955. The van der Waals surface area contributed by atoms with Crippen LogP contribution in [-0.2, 0) is 10.8 Å². The van der Waals surface area contributed by atoms with E-state index in [1.807, 2.05) is 25.1 Å². The van der Waals surface area contributed by atoms with Gasteiger partial charge < -0.3 is 10.6 Å². The van der Waals surface area contributed by atoms with Gasteiger partial charge >= 0.3 is 0 Å². The maximum Gasteiger partial charge on any atom is 0.251 e. The number of anilines is 1. The molecule has 2 N–H and O–H groups in total. The summed E-state index contributed by atoms with van der Waals surface area (Å²) >= 11 is 0. The van der Waals surface area contributed by atoms with E-state index in [4.69, 9.17) is 0 Å². The van der Waals surface area contributed by atoms with Gasteiger partial charge in [0.15, 0.2) is 0 Å². The molecule has 0 aliphatic carbocycles. The van der Waals surface area contributed by atoms with Crippen molar-refractivity contribution in [2.75, 3.05) is 30.4 Å². The first kappa shape index (κ1) is 15.7. The molecule has 1 atom stereocenters. The van der Waals surface area contributed by atoms with E-state index >= 15 is 0 Å². The quantitative estimate of drug-likeness (QED) is 0.803. The van der Waals surface area contributed by atoms with Gasteiger partial charge in [-0.2, -0.15) is 0 Å². The number of rotatable bonds is 7. The van der Waals surface area contributed by atoms with Crippen molar-refractivity contribution in [1.29, 1.82) is 0 Å². The summed E-state index contributed by atoms with van der Waals surface area (Å²) in [6, 6.07) is 5.71. The standard InChI is InChI=1S/C14H22N2O2S/c1-4-7-15-12-5-6-13(11(2)10-12)14(17)16-8-9-19(3)18/h5-6,10,15H,4,7-9H2,1-3H3,(H,16,17). The van der Waals surface area contributed by atoms with Crippen molar-refractivity contribution in [2.24, 2.45) is 0 Å². The fourth-order valence-electron chi connectivity index (χ4n) is 1.70. The van der Waals surface area contributed by atoms with Gasteiger partial charge in [-0.15, -0.1) is 0 Å². The number of hydrogen-bond donors (Lipinski definition) is 2. The molecule has 4 nitrogen and oxygen atoms in total. The van der Waals surface area contributed by atoms with E-state index in [1.54, 1.807) is 6.26 Å². The fraction of sp³-hybridized carbons (Fsp3) is 0.500. The summed E-state index contributed by atoms with van der Waals surface area (Å²) in [5, 5.41) is 6.07. The summed E-state index contributed by atoms with van der Waals surface area (Å²) in [6.45, 7) is 5.40. The monoisotopic (exact) mass is 282 g/mol. The highest BCUT2D eigenvalue weighted by Crippen LogP contribution is 2.15. The van der Waals surface area contributed by atoms with Gasteiger partial charge in [0.25, 0.3) is 5.91 Å². The minimum absolute atomic E-state index is 0.106. The van der Waals surface area contributed by atoms with Gasteiger partial charge in [0.05, 0.1) is 0 Å². The predicted molar refractivity (Wildman–Crippen MR) is 81.2 cm³/mol. The second-order valence-corrected chi connectivity index (χ2v) is 6.04. The van der Waals surface area contributed by atoms with Crippen molar-refractivity contribution in [1.82, 2.24) is 5.32 Å². The van der Waals surface area contributed by atoms with Crippen LogP contribution in [0.3, 0.4) is 0 Å². The molecule has 0 saturated carbocycles. The maximum absolute atomic E-state index is 11.9. The molecule has 0 fully saturated rings. The Morgan fingerprint density at radius 1 is 1.32 bits per heavy atom. The smallest absolute Gasteiger partial charge is 0.251 e. The lowest BCUT2D eigenvalue weighted by Crippen LogP contribution is -2.28. The van der Waals surface area contributed by atoms with E-state index in [1.165, 1.54) is 0 Å². The Hall–Kier alpha value is -1.36. The zero-order valence-corrected chi connectivity index (χ0v) is 12.6. The van der Waals surface area contributed by atoms with Gasteiger partial charge in [-0.05, 0) is 37.1 Å². The summed E-state index contributed by atoms with van der Waals surface area (Å²) in [6.07, 6.45) is 2.70. The number of carbonyl (C=O) groups is 1. The van der Waals surface area contributed by atoms with Gasteiger partial charge in [0.1, 0.15) is 0 Å². The topological polar surface area (TPSA) is 58.2 Å². The first-order valence-electron chi connectivity index (χ1n) is 6.47. The molecule has 0 heterocycles. The molecule has 0 radical (unpaired) electrons. The normalized spacial score (nSPS) is 11.9. The molecule has 106 valence electrons. The molecular formula is C14H22N2O2S. The van der Waals surface area contributed by atoms with E-state index < -0.39 is 10.8 Å². The zero-order valence-electron chi connectivity index (χ0n) is 11.8. The van der Waals surface area contributed by atoms with E-state index in [2.05, 4.69) is 17.6 Å². The first-order valence-corrected chi connectivity index (χ1v) is 8.20. The molecule has 1 aromatic rings. The van der Waals surface area contributed by atoms with Crippen LogP contribution >= 0.6 is 0 Å². The highest BCUT2D eigenvalue weighted by molar-refractivity contribution is 7.84. The van der Waals surface area contributed by atoms with Crippen molar-refractivity contribution < 1.29 is 9.00 Å². The lowest BCUT2D eigenvalue weighted by Gasteiger charge is -2.10. The third kappa shape index (κ3) is 5.42. The average Bonchev–Trinajstić information content (AvgIpc) is 2.35. The molecule has 0 saturated heterocycles. The largest absolute Gasteiger partial charge is 0.385 e. The number of benzene rings is 1. The van der Waals surface area contributed by atoms with Crippen LogP contribution in [0, 0.1) is 6.92 Å². The number of carbonyl (C=O) groups excluding carboxylic acids is 1. The van der Waals surface area contributed by atoms with Gasteiger partial charge in [-0.3, -0.25) is 9.00 Å². The van der Waals surface area contributed by atoms with Gasteiger partial charge in [-0.1, -0.05) is 6.92 Å². The van der Waals surface area contributed by atoms with Crippen LogP contribution in [0.25, 0.3) is 0 Å². The number of hydrogen-bond acceptors (Lipinski definition) is 3. The van der Waals surface area contributed by atoms with Gasteiger partial charge in [-0.25, -0.2) is 0 Å². The second kappa shape index (κ2) is 7.94. The number of aryl methyl sites for hydroxylation is 1. The summed E-state index contributed by atoms with van der Waals surface area (Å²) in [7, 11) is -0.876. The van der Waals surface area contributed by atoms with Crippen molar-refractivity contribution in [2.45, 2.75) is 20.3 Å². The van der Waals surface area contributed by atoms with Crippen LogP contribution in [0.2, 0.25) is 0 Å². The summed E-state index contributed by atoms with van der Waals surface area (Å²) in [5.41, 5.74) is 2.64. The molecule has 0 aliphatic rings. The highest BCUT2D eigenvalue weighted by atomic mass is 32.2. The van der Waals surface area contributed by atoms with Gasteiger partial charge in [0.2, 0.25) is 0 Å². The summed E-state index contributed by atoms with van der Waals surface area (Å²) in [5.74, 6) is 0.381. The molecule has 0 spiro atoms. The molecule has 5 heteroatoms. The third-order valence-electron chi connectivity index (χ3n) is 2.73. The van der Waals surface area contributed by atoms with Crippen LogP contribution < -0.4 is 10.6 Å². The summed E-state index contributed by atoms with van der Waals surface area (Å²) < 4.78 is 10.9. The van der Waals surface area contributed by atoms with E-state index in [9.17, 15) is 9.00 Å². The Bertz CT molecular complexity index is 461. The Kier molecular flexibility index (Phi) is 6.56. The minimum atomic E-state index is -0.876. The van der Waals surface area contributed by atoms with E-state index in [0.717, 1.165) is 24.2 Å². The lowest BCUT2D eigenvalue weighted by atomic mass is 10.1. The summed E-state index contributed by atoms with van der Waals surface area (Å²) in [4.78, 5) is 11.9. The van der Waals surface area contributed by atoms with Crippen LogP contribution in [0.1, 0.15) is 29.3 Å². The SMILES string of the molecule is CCCNc1ccc(C(=O)NCCS(C)=O)c(C)c1. The Balaban J connectivity index is 2.62. The Morgan fingerprint density at radius 3 is 2.63 bits per heavy atom. The molecule has 0 bridgehead atoms. The van der Waals surface area contributed by atoms with Crippen LogP contribution in [-0.4, -0.2) is 35.2 Å². The molecular weight excluding hydrogens is 260 g/mol. The Labute approximate surface area is 117 Å². The molecule has 0 aromatic heterocycles. The van der Waals surface area contributed by atoms with E-state index in [-0.39, 0.29) is 5.91 Å². The molecule has 1 unspecified atom stereocenters. The molecule has 1 amide bonds. The molecule has 1 aromatic carbocycles. The van der Waals surface area contributed by atoms with Crippen LogP contribution in [0.4, 0.5) is 5.69 Å². The second-order valence-electron chi connectivity index (χ2n) is 4.49. The minimum Gasteiger partial charge on any atom is -0.385 e. The zero-order chi connectivity index (χ0) is 14.3. The predicted octanol–water partition coefficient (Wildman–Crippen LogP) is 1.93.